The van der Waals surface area contributed by atoms with E-state index < -0.39 is 46.9 Å². The first kappa shape index (κ1) is 105. The number of imidazole rings is 4. The Balaban J connectivity index is 0.000000157. The number of halogens is 14. The van der Waals surface area contributed by atoms with E-state index in [0.29, 0.717) is 101 Å². The van der Waals surface area contributed by atoms with Gasteiger partial charge in [-0.15, -0.1) is 0 Å². The molecule has 4 amide bonds. The number of anilines is 8. The molecular weight excluding hydrogens is 2200 g/mol. The average molecular weight is 2280 g/mol. The Kier molecular flexibility index (Phi) is 37.3. The molecule has 0 saturated heterocycles. The van der Waals surface area contributed by atoms with Crippen LogP contribution in [0.5, 0.6) is 17.2 Å². The zero-order valence-corrected chi connectivity index (χ0v) is 83.5. The first-order valence-electron chi connectivity index (χ1n) is 41.5. The van der Waals surface area contributed by atoms with E-state index in [4.69, 9.17) is 112 Å². The maximum atomic E-state index is 15.9. The minimum absolute atomic E-state index is 0.0246. The molecular formula is C95H80Br4Cl5F5N16O15. The van der Waals surface area contributed by atoms with Gasteiger partial charge in [0.15, 0.2) is 23.3 Å². The van der Waals surface area contributed by atoms with Gasteiger partial charge in [0.2, 0.25) is 0 Å². The van der Waals surface area contributed by atoms with Gasteiger partial charge in [0, 0.05) is 55.2 Å². The number of methoxy groups -OCH3 is 3. The predicted molar refractivity (Wildman–Crippen MR) is 537 cm³/mol. The number of hydrogen-bond donors (Lipinski definition) is 12. The molecule has 0 aliphatic carbocycles. The average Bonchev–Trinajstić information content (AvgIpc) is 1.59. The Morgan fingerprint density at radius 3 is 0.821 bits per heavy atom. The standard InChI is InChI=1S/C25H23BrClFN4O5.C24H21BrClFN4O4.C23H18BrCl2FN4O3.C23H18BrClF2N4O3/c1-35-16-7-14(8-17(10-16)36-2)12-32-13-29-24-21(32)11-18(25(34)31-37-6-5-33)23(22(24)28)30-20-4-3-15(26)9-19(20)27;1-34-16-5-2-14(3-6-16)12-31-13-28-23-20(31)11-17(24(33)30-35-9-8-32)22(21(23)27)29-19-7-4-15(25)10-18(19)26;24-14-3-6-18(17(26)9-14)29-21-16(23(33)30-34-8-7-32)10-19-22(20(21)27)28-12-31(19)11-13-1-4-15(25)5-2-13;24-14-3-6-18(17(25)9-14)29-21-16(23(33)30-34-8-7-32)10-19-22(20(21)27)28-12-31(19)11-13-1-4-15(26)5-2-13/h3-4,7-11,13,30,33H,5-6,12H2,1-2H3,(H,31,34);2-7,10-11,13,29,32H,8-9,12H2,1H3,(H,30,33);2*1-6,9-10,12,29,32H,7-8,11H2,(H,30,33). The van der Waals surface area contributed by atoms with Gasteiger partial charge in [-0.1, -0.05) is 158 Å². The number of aromatic nitrogens is 8. The molecule has 16 aromatic rings. The quantitative estimate of drug-likeness (QED) is 0.00997. The minimum Gasteiger partial charge on any atom is -0.497 e. The Morgan fingerprint density at radius 1 is 0.321 bits per heavy atom. The fourth-order valence-corrected chi connectivity index (χ4v) is 16.8. The second-order valence-corrected chi connectivity index (χ2v) is 35.5. The van der Waals surface area contributed by atoms with Crippen molar-refractivity contribution in [2.75, 3.05) is 95.5 Å². The molecule has 0 aliphatic heterocycles. The summed E-state index contributed by atoms with van der Waals surface area (Å²) < 4.78 is 102. The molecule has 31 nitrogen and oxygen atoms in total. The number of benzene rings is 12. The lowest BCUT2D eigenvalue weighted by molar-refractivity contribution is 0.0166. The second-order valence-electron chi connectivity index (χ2n) is 29.7. The van der Waals surface area contributed by atoms with Crippen LogP contribution in [0.1, 0.15) is 63.7 Å². The summed E-state index contributed by atoms with van der Waals surface area (Å²) in [6.07, 6.45) is 5.94. The summed E-state index contributed by atoms with van der Waals surface area (Å²) in [5.41, 5.74) is 15.0. The van der Waals surface area contributed by atoms with Crippen LogP contribution < -0.4 is 57.4 Å². The van der Waals surface area contributed by atoms with Crippen molar-refractivity contribution >= 4 is 235 Å². The molecule has 0 unspecified atom stereocenters. The van der Waals surface area contributed by atoms with Crippen LogP contribution in [0.4, 0.5) is 67.5 Å². The summed E-state index contributed by atoms with van der Waals surface area (Å²) in [5.74, 6) is -4.26. The SMILES string of the molecule is COc1cc(Cn2cnc3c(F)c(Nc4ccc(Br)cc4Cl)c(C(=O)NOCCO)cc32)cc(OC)c1.COc1ccc(Cn2cnc3c(F)c(Nc4ccc(Br)cc4Cl)c(C(=O)NOCCO)cc32)cc1.O=C(NOCCO)c1cc2c(ncn2Cc2ccc(Cl)cc2)c(F)c1Nc1ccc(Br)cc1Cl.O=C(NOCCO)c1cc2c(ncn2Cc2ccc(F)cc2)c(F)c1Nc1ccc(Br)cc1Cl. The number of nitrogens with one attached hydrogen (secondary N) is 8. The highest BCUT2D eigenvalue weighted by molar-refractivity contribution is 9.11. The smallest absolute Gasteiger partial charge is 0.277 e. The molecule has 140 heavy (non-hydrogen) atoms. The lowest BCUT2D eigenvalue weighted by Crippen LogP contribution is -2.26. The van der Waals surface area contributed by atoms with E-state index in [9.17, 15) is 23.6 Å². The molecule has 16 rings (SSSR count). The zero-order chi connectivity index (χ0) is 100.0. The van der Waals surface area contributed by atoms with E-state index in [1.54, 1.807) is 143 Å². The maximum Gasteiger partial charge on any atom is 0.277 e. The molecule has 4 heterocycles. The summed E-state index contributed by atoms with van der Waals surface area (Å²) in [4.78, 5) is 88.4. The topological polar surface area (TPSA) is 381 Å². The normalized spacial score (nSPS) is 11.0. The van der Waals surface area contributed by atoms with E-state index in [1.807, 2.05) is 48.5 Å². The Bertz CT molecular complexity index is 6960. The largest absolute Gasteiger partial charge is 0.497 e. The number of ether oxygens (including phenoxy) is 3. The van der Waals surface area contributed by atoms with Gasteiger partial charge in [0.1, 0.15) is 45.1 Å². The molecule has 728 valence electrons. The van der Waals surface area contributed by atoms with Gasteiger partial charge in [0.05, 0.1) is 209 Å². The van der Waals surface area contributed by atoms with Gasteiger partial charge in [-0.05, 0) is 168 Å². The third-order valence-corrected chi connectivity index (χ3v) is 23.9. The monoisotopic (exact) mass is 2270 g/mol. The number of fused-ring (bicyclic) bond motifs is 4. The van der Waals surface area contributed by atoms with E-state index in [1.165, 1.54) is 61.7 Å². The van der Waals surface area contributed by atoms with Crippen molar-refractivity contribution in [2.24, 2.45) is 0 Å². The van der Waals surface area contributed by atoms with Crippen molar-refractivity contribution in [1.29, 1.82) is 0 Å². The lowest BCUT2D eigenvalue weighted by Gasteiger charge is -2.16. The van der Waals surface area contributed by atoms with Crippen LogP contribution in [0.25, 0.3) is 44.1 Å². The molecule has 4 aromatic heterocycles. The van der Waals surface area contributed by atoms with Crippen LogP contribution in [-0.2, 0) is 45.5 Å². The number of aliphatic hydroxyl groups excluding tert-OH is 4. The fourth-order valence-electron chi connectivity index (χ4n) is 13.8. The van der Waals surface area contributed by atoms with E-state index in [-0.39, 0.29) is 132 Å². The van der Waals surface area contributed by atoms with Crippen LogP contribution in [0.3, 0.4) is 0 Å². The molecule has 12 N–H and O–H groups in total. The number of rotatable bonds is 35. The highest BCUT2D eigenvalue weighted by atomic mass is 79.9. The Hall–Kier alpha value is -12.3. The molecule has 0 spiro atoms. The number of carbonyl (C=O) groups excluding carboxylic acids is 4. The number of carbonyl (C=O) groups is 4. The van der Waals surface area contributed by atoms with E-state index >= 15 is 17.6 Å². The summed E-state index contributed by atoms with van der Waals surface area (Å²) >= 11 is 44.5. The van der Waals surface area contributed by atoms with Gasteiger partial charge in [-0.2, -0.15) is 0 Å². The number of nitrogens with zero attached hydrogens (tertiary/aromatic N) is 8. The number of amides is 4. The van der Waals surface area contributed by atoms with E-state index in [0.717, 1.165) is 45.9 Å². The predicted octanol–water partition coefficient (Wildman–Crippen LogP) is 21.0. The molecule has 45 heteroatoms. The fraction of sp³-hybridized carbons (Fsp3) is 0.158. The second kappa shape index (κ2) is 49.7. The molecule has 0 fully saturated rings. The molecule has 0 atom stereocenters. The molecule has 12 aromatic carbocycles. The van der Waals surface area contributed by atoms with Crippen LogP contribution in [-0.4, -0.2) is 156 Å². The third kappa shape index (κ3) is 26.5. The Morgan fingerprint density at radius 2 is 0.571 bits per heavy atom. The van der Waals surface area contributed by atoms with Crippen molar-refractivity contribution in [1.82, 2.24) is 60.1 Å². The third-order valence-electron chi connectivity index (χ3n) is 20.4. The van der Waals surface area contributed by atoms with Crippen molar-refractivity contribution in [3.05, 3.63) is 330 Å². The summed E-state index contributed by atoms with van der Waals surface area (Å²) in [7, 11) is 4.69. The van der Waals surface area contributed by atoms with Gasteiger partial charge in [0.25, 0.3) is 23.6 Å². The van der Waals surface area contributed by atoms with Crippen LogP contribution in [0.2, 0.25) is 25.1 Å². The lowest BCUT2D eigenvalue weighted by atomic mass is 10.1. The van der Waals surface area contributed by atoms with Gasteiger partial charge in [-0.3, -0.25) is 38.5 Å². The van der Waals surface area contributed by atoms with Gasteiger partial charge >= 0.3 is 0 Å². The van der Waals surface area contributed by atoms with Crippen LogP contribution >= 0.6 is 122 Å². The maximum absolute atomic E-state index is 15.9. The molecule has 0 aliphatic rings. The first-order valence-corrected chi connectivity index (χ1v) is 46.6. The van der Waals surface area contributed by atoms with Gasteiger partial charge < -0.3 is 74.2 Å². The van der Waals surface area contributed by atoms with Crippen LogP contribution in [0.15, 0.2) is 231 Å². The van der Waals surface area contributed by atoms with Crippen molar-refractivity contribution in [3.63, 3.8) is 0 Å². The highest BCUT2D eigenvalue weighted by Crippen LogP contribution is 2.42. The van der Waals surface area contributed by atoms with Gasteiger partial charge in [-0.25, -0.2) is 63.8 Å². The summed E-state index contributed by atoms with van der Waals surface area (Å²) in [6, 6.07) is 52.0. The Labute approximate surface area is 852 Å². The highest BCUT2D eigenvalue weighted by Gasteiger charge is 2.30. The molecule has 0 saturated carbocycles. The zero-order valence-electron chi connectivity index (χ0n) is 73.3. The summed E-state index contributed by atoms with van der Waals surface area (Å²) in [5, 5.41) is 49.2. The first-order chi connectivity index (χ1) is 67.5. The van der Waals surface area contributed by atoms with Crippen molar-refractivity contribution in [3.8, 4) is 17.2 Å². The number of hydroxylamine groups is 4. The van der Waals surface area contributed by atoms with Crippen molar-refractivity contribution < 1.29 is 95.1 Å². The molecule has 0 bridgehead atoms. The summed E-state index contributed by atoms with van der Waals surface area (Å²) in [6.45, 7) is -0.327. The van der Waals surface area contributed by atoms with Crippen molar-refractivity contribution in [2.45, 2.75) is 26.2 Å². The number of hydrogen-bond acceptors (Lipinski definition) is 23. The minimum atomic E-state index is -0.762. The van der Waals surface area contributed by atoms with Crippen LogP contribution in [0, 0.1) is 29.1 Å². The molecule has 0 radical (unpaired) electrons. The van der Waals surface area contributed by atoms with E-state index in [2.05, 4.69) is 127 Å². The number of aliphatic hydroxyl groups is 4.